The second-order valence-electron chi connectivity index (χ2n) is 5.09. The van der Waals surface area contributed by atoms with Gasteiger partial charge in [-0.3, -0.25) is 0 Å². The maximum absolute atomic E-state index is 6.22. The number of methoxy groups -OCH3 is 1. The summed E-state index contributed by atoms with van der Waals surface area (Å²) < 4.78 is 11.3. The maximum Gasteiger partial charge on any atom is 0.128 e. The summed E-state index contributed by atoms with van der Waals surface area (Å²) in [7, 11) is 1.67. The number of hydrogen-bond acceptors (Lipinski definition) is 3. The van der Waals surface area contributed by atoms with E-state index in [0.717, 1.165) is 23.5 Å². The van der Waals surface area contributed by atoms with Gasteiger partial charge in [-0.25, -0.2) is 0 Å². The van der Waals surface area contributed by atoms with Crippen LogP contribution in [0.5, 0.6) is 11.5 Å². The minimum absolute atomic E-state index is 0.107. The predicted molar refractivity (Wildman–Crippen MR) is 66.3 cm³/mol. The van der Waals surface area contributed by atoms with E-state index in [9.17, 15) is 0 Å². The Balaban J connectivity index is 1.86. The fraction of sp³-hybridized carbons (Fsp3) is 0.571. The maximum atomic E-state index is 6.22. The van der Waals surface area contributed by atoms with E-state index < -0.39 is 0 Å². The highest BCUT2D eigenvalue weighted by Crippen LogP contribution is 2.42. The molecule has 1 fully saturated rings. The first-order valence-electron chi connectivity index (χ1n) is 6.38. The van der Waals surface area contributed by atoms with Crippen LogP contribution in [0.15, 0.2) is 18.2 Å². The third-order valence-electron chi connectivity index (χ3n) is 4.06. The summed E-state index contributed by atoms with van der Waals surface area (Å²) in [6, 6.07) is 6.04. The summed E-state index contributed by atoms with van der Waals surface area (Å²) in [6.07, 6.45) is 5.17. The molecule has 1 unspecified atom stereocenters. The van der Waals surface area contributed by atoms with Gasteiger partial charge in [0.1, 0.15) is 17.6 Å². The molecule has 1 aromatic carbocycles. The molecule has 17 heavy (non-hydrogen) atoms. The minimum atomic E-state index is 0.107. The molecule has 0 radical (unpaired) electrons. The highest BCUT2D eigenvalue weighted by molar-refractivity contribution is 5.43. The summed E-state index contributed by atoms with van der Waals surface area (Å²) in [5.74, 6) is 2.46. The van der Waals surface area contributed by atoms with Crippen LogP contribution in [-0.4, -0.2) is 13.2 Å². The van der Waals surface area contributed by atoms with Crippen LogP contribution >= 0.6 is 0 Å². The van der Waals surface area contributed by atoms with Crippen molar-refractivity contribution in [1.82, 2.24) is 0 Å². The van der Waals surface area contributed by atoms with Crippen molar-refractivity contribution >= 4 is 0 Å². The summed E-state index contributed by atoms with van der Waals surface area (Å²) >= 11 is 0. The van der Waals surface area contributed by atoms with Crippen molar-refractivity contribution in [1.29, 1.82) is 0 Å². The molecule has 1 aliphatic heterocycles. The van der Waals surface area contributed by atoms with Crippen molar-refractivity contribution in [2.75, 3.05) is 7.11 Å². The minimum Gasteiger partial charge on any atom is -0.497 e. The third-order valence-corrected chi connectivity index (χ3v) is 4.06. The summed E-state index contributed by atoms with van der Waals surface area (Å²) in [6.45, 7) is 0. The normalized spacial score (nSPS) is 27.9. The Morgan fingerprint density at radius 1 is 1.35 bits per heavy atom. The third kappa shape index (κ3) is 1.89. The second-order valence-corrected chi connectivity index (χ2v) is 5.09. The van der Waals surface area contributed by atoms with Crippen LogP contribution in [0, 0.1) is 5.92 Å². The van der Waals surface area contributed by atoms with Crippen LogP contribution in [0.2, 0.25) is 0 Å². The molecule has 0 amide bonds. The van der Waals surface area contributed by atoms with Gasteiger partial charge in [0.25, 0.3) is 0 Å². The molecule has 2 aliphatic rings. The Bertz CT molecular complexity index is 415. The molecule has 3 nitrogen and oxygen atoms in total. The van der Waals surface area contributed by atoms with Crippen LogP contribution in [0.1, 0.15) is 37.3 Å². The molecule has 1 heterocycles. The van der Waals surface area contributed by atoms with Crippen molar-refractivity contribution < 1.29 is 9.47 Å². The van der Waals surface area contributed by atoms with E-state index in [-0.39, 0.29) is 6.04 Å². The van der Waals surface area contributed by atoms with Crippen LogP contribution in [0.4, 0.5) is 0 Å². The van der Waals surface area contributed by atoms with E-state index in [4.69, 9.17) is 15.2 Å². The van der Waals surface area contributed by atoms with Gasteiger partial charge in [-0.1, -0.05) is 12.5 Å². The first-order chi connectivity index (χ1) is 8.28. The lowest BCUT2D eigenvalue weighted by Gasteiger charge is -2.39. The summed E-state index contributed by atoms with van der Waals surface area (Å²) in [5, 5.41) is 0. The Labute approximate surface area is 102 Å². The smallest absolute Gasteiger partial charge is 0.128 e. The van der Waals surface area contributed by atoms with Crippen molar-refractivity contribution in [2.45, 2.75) is 37.8 Å². The zero-order chi connectivity index (χ0) is 11.8. The highest BCUT2D eigenvalue weighted by Gasteiger charge is 2.34. The Kier molecular flexibility index (Phi) is 2.71. The fourth-order valence-corrected chi connectivity index (χ4v) is 2.74. The monoisotopic (exact) mass is 233 g/mol. The van der Waals surface area contributed by atoms with Gasteiger partial charge in [-0.15, -0.1) is 0 Å². The van der Waals surface area contributed by atoms with E-state index >= 15 is 0 Å². The number of benzene rings is 1. The highest BCUT2D eigenvalue weighted by atomic mass is 16.5. The van der Waals surface area contributed by atoms with Crippen molar-refractivity contribution in [2.24, 2.45) is 11.7 Å². The van der Waals surface area contributed by atoms with Crippen LogP contribution in [-0.2, 0) is 0 Å². The average Bonchev–Trinajstić information content (AvgIpc) is 2.26. The second kappa shape index (κ2) is 4.22. The van der Waals surface area contributed by atoms with Crippen LogP contribution < -0.4 is 15.2 Å². The quantitative estimate of drug-likeness (QED) is 0.854. The first-order valence-corrected chi connectivity index (χ1v) is 6.38. The Morgan fingerprint density at radius 2 is 2.18 bits per heavy atom. The van der Waals surface area contributed by atoms with Gasteiger partial charge in [0.05, 0.1) is 7.11 Å². The number of hydrogen-bond donors (Lipinski definition) is 1. The molecule has 1 saturated carbocycles. The van der Waals surface area contributed by atoms with E-state index in [1.54, 1.807) is 7.11 Å². The van der Waals surface area contributed by atoms with Crippen LogP contribution in [0.25, 0.3) is 0 Å². The molecule has 3 heteroatoms. The average molecular weight is 233 g/mol. The molecular formula is C14H19NO2. The molecule has 2 N–H and O–H groups in total. The molecular weight excluding hydrogens is 214 g/mol. The predicted octanol–water partition coefficient (Wildman–Crippen LogP) is 2.65. The fourth-order valence-electron chi connectivity index (χ4n) is 2.74. The molecule has 3 rings (SSSR count). The lowest BCUT2D eigenvalue weighted by molar-refractivity contribution is 0.0577. The first kappa shape index (κ1) is 10.9. The standard InChI is InChI=1S/C14H19NO2/c1-16-10-5-6-11-12(15)8-13(9-3-2-4-9)17-14(11)7-10/h5-7,9,12-13H,2-4,8,15H2,1H3/t12-,13?/m1/s1. The molecule has 1 aliphatic carbocycles. The van der Waals surface area contributed by atoms with Crippen LogP contribution in [0.3, 0.4) is 0 Å². The van der Waals surface area contributed by atoms with E-state index in [2.05, 4.69) is 0 Å². The lowest BCUT2D eigenvalue weighted by atomic mass is 9.77. The number of ether oxygens (including phenoxy) is 2. The molecule has 0 aromatic heterocycles. The van der Waals surface area contributed by atoms with Gasteiger partial charge in [0, 0.05) is 24.1 Å². The zero-order valence-electron chi connectivity index (χ0n) is 10.2. The van der Waals surface area contributed by atoms with Gasteiger partial charge in [0.15, 0.2) is 0 Å². The van der Waals surface area contributed by atoms with Gasteiger partial charge < -0.3 is 15.2 Å². The molecule has 1 aromatic rings. The SMILES string of the molecule is COc1ccc2c(c1)OC(C1CCC1)C[C@H]2N. The number of rotatable bonds is 2. The van der Waals surface area contributed by atoms with Gasteiger partial charge >= 0.3 is 0 Å². The summed E-state index contributed by atoms with van der Waals surface area (Å²) in [4.78, 5) is 0. The van der Waals surface area contributed by atoms with E-state index in [1.807, 2.05) is 18.2 Å². The molecule has 0 bridgehead atoms. The van der Waals surface area contributed by atoms with E-state index in [1.165, 1.54) is 19.3 Å². The van der Waals surface area contributed by atoms with Gasteiger partial charge in [-0.2, -0.15) is 0 Å². The number of nitrogens with two attached hydrogens (primary N) is 1. The molecule has 0 saturated heterocycles. The molecule has 0 spiro atoms. The van der Waals surface area contributed by atoms with Crippen molar-refractivity contribution in [3.63, 3.8) is 0 Å². The molecule has 2 atom stereocenters. The summed E-state index contributed by atoms with van der Waals surface area (Å²) in [5.41, 5.74) is 7.34. The Hall–Kier alpha value is -1.22. The zero-order valence-corrected chi connectivity index (χ0v) is 10.2. The molecule has 92 valence electrons. The topological polar surface area (TPSA) is 44.5 Å². The van der Waals surface area contributed by atoms with Crippen molar-refractivity contribution in [3.05, 3.63) is 23.8 Å². The van der Waals surface area contributed by atoms with Gasteiger partial charge in [0.2, 0.25) is 0 Å². The largest absolute Gasteiger partial charge is 0.497 e. The van der Waals surface area contributed by atoms with Crippen molar-refractivity contribution in [3.8, 4) is 11.5 Å². The van der Waals surface area contributed by atoms with Gasteiger partial charge in [-0.05, 0) is 24.8 Å². The lowest BCUT2D eigenvalue weighted by Crippen LogP contribution is -2.38. The van der Waals surface area contributed by atoms with E-state index in [0.29, 0.717) is 12.0 Å². The number of fused-ring (bicyclic) bond motifs is 1. The Morgan fingerprint density at radius 3 is 2.82 bits per heavy atom.